The van der Waals surface area contributed by atoms with E-state index in [1.54, 1.807) is 24.3 Å². The van der Waals surface area contributed by atoms with Crippen LogP contribution in [-0.2, 0) is 0 Å². The van der Waals surface area contributed by atoms with Crippen molar-refractivity contribution in [2.24, 2.45) is 0 Å². The van der Waals surface area contributed by atoms with Crippen LogP contribution in [0, 0.1) is 0 Å². The van der Waals surface area contributed by atoms with Crippen molar-refractivity contribution in [1.82, 2.24) is 0 Å². The SMILES string of the molecule is O=C(c1cccc(Oc2cccc(C(=O)c3c(Cl)cccc3Cl)c2C(=O)c2c(Cl)cccc2Cl)c1C(=O)c1c(Cl)cccc1Cl)c1c(Cl)cccc1Cl. The minimum atomic E-state index is -0.806. The third-order valence-corrected chi connectivity index (χ3v) is 10.5. The number of ketones is 4. The maximum Gasteiger partial charge on any atom is 0.200 e. The van der Waals surface area contributed by atoms with Crippen molar-refractivity contribution in [3.63, 3.8) is 0 Å². The fourth-order valence-electron chi connectivity index (χ4n) is 5.58. The second-order valence-corrected chi connectivity index (χ2v) is 14.4. The van der Waals surface area contributed by atoms with Gasteiger partial charge < -0.3 is 4.74 Å². The predicted octanol–water partition coefficient (Wildman–Crippen LogP) is 13.6. The lowest BCUT2D eigenvalue weighted by atomic mass is 9.91. The van der Waals surface area contributed by atoms with Crippen LogP contribution in [0.25, 0.3) is 0 Å². The predicted molar refractivity (Wildman–Crippen MR) is 213 cm³/mol. The third-order valence-electron chi connectivity index (χ3n) is 7.98. The highest BCUT2D eigenvalue weighted by Gasteiger charge is 2.32. The third kappa shape index (κ3) is 7.59. The lowest BCUT2D eigenvalue weighted by Gasteiger charge is -2.19. The maximum absolute atomic E-state index is 14.5. The molecule has 5 nitrogen and oxygen atoms in total. The molecule has 0 radical (unpaired) electrons. The van der Waals surface area contributed by atoms with Gasteiger partial charge in [0.2, 0.25) is 11.6 Å². The Morgan fingerprint density at radius 1 is 0.302 bits per heavy atom. The van der Waals surface area contributed by atoms with Gasteiger partial charge >= 0.3 is 0 Å². The van der Waals surface area contributed by atoms with Crippen LogP contribution in [0.5, 0.6) is 11.5 Å². The number of rotatable bonds is 10. The molecule has 0 aliphatic rings. The highest BCUT2D eigenvalue weighted by atomic mass is 35.5. The van der Waals surface area contributed by atoms with Crippen LogP contribution >= 0.6 is 92.8 Å². The van der Waals surface area contributed by atoms with Crippen molar-refractivity contribution in [2.75, 3.05) is 0 Å². The van der Waals surface area contributed by atoms with Crippen LogP contribution in [0.15, 0.2) is 109 Å². The molecule has 0 amide bonds. The zero-order valence-electron chi connectivity index (χ0n) is 26.5. The van der Waals surface area contributed by atoms with Crippen molar-refractivity contribution in [2.45, 2.75) is 0 Å². The molecule has 0 unspecified atom stereocenters. The summed E-state index contributed by atoms with van der Waals surface area (Å²) in [5.41, 5.74) is -1.41. The van der Waals surface area contributed by atoms with Gasteiger partial charge in [0, 0.05) is 11.1 Å². The van der Waals surface area contributed by atoms with Gasteiger partial charge in [0.25, 0.3) is 0 Å². The van der Waals surface area contributed by atoms with Crippen LogP contribution in [0.1, 0.15) is 63.7 Å². The van der Waals surface area contributed by atoms with Gasteiger partial charge in [0.1, 0.15) is 11.5 Å². The Balaban J connectivity index is 1.63. The monoisotopic (exact) mass is 858 g/mol. The zero-order chi connectivity index (χ0) is 38.1. The molecule has 0 spiro atoms. The summed E-state index contributed by atoms with van der Waals surface area (Å²) in [5, 5.41) is 0.0439. The Bertz CT molecular complexity index is 2260. The summed E-state index contributed by atoms with van der Waals surface area (Å²) in [7, 11) is 0. The lowest BCUT2D eigenvalue weighted by Crippen LogP contribution is -2.16. The van der Waals surface area contributed by atoms with E-state index < -0.39 is 23.1 Å². The van der Waals surface area contributed by atoms with Crippen LogP contribution in [0.3, 0.4) is 0 Å². The van der Waals surface area contributed by atoms with Crippen molar-refractivity contribution < 1.29 is 23.9 Å². The topological polar surface area (TPSA) is 77.5 Å². The summed E-state index contributed by atoms with van der Waals surface area (Å²) in [6.45, 7) is 0. The molecule has 0 saturated carbocycles. The molecule has 264 valence electrons. The van der Waals surface area contributed by atoms with Gasteiger partial charge in [-0.25, -0.2) is 0 Å². The van der Waals surface area contributed by atoms with Gasteiger partial charge in [-0.1, -0.05) is 141 Å². The van der Waals surface area contributed by atoms with Gasteiger partial charge in [0.15, 0.2) is 11.6 Å². The number of benzene rings is 6. The van der Waals surface area contributed by atoms with Gasteiger partial charge in [-0.3, -0.25) is 19.2 Å². The number of carbonyl (C=O) groups is 4. The molecule has 0 fully saturated rings. The van der Waals surface area contributed by atoms with E-state index in [-0.39, 0.29) is 96.2 Å². The first-order valence-corrected chi connectivity index (χ1v) is 18.2. The molecule has 6 rings (SSSR count). The van der Waals surface area contributed by atoms with E-state index in [0.717, 1.165) is 0 Å². The molecule has 0 N–H and O–H groups in total. The summed E-state index contributed by atoms with van der Waals surface area (Å²) >= 11 is 51.7. The summed E-state index contributed by atoms with van der Waals surface area (Å²) in [5.74, 6) is -3.51. The molecule has 13 heteroatoms. The summed E-state index contributed by atoms with van der Waals surface area (Å²) < 4.78 is 6.41. The molecular formula is C40H18Cl8O5. The Hall–Kier alpha value is -3.88. The number of carbonyl (C=O) groups excluding carboxylic acids is 4. The Morgan fingerprint density at radius 3 is 0.792 bits per heavy atom. The number of ether oxygens (including phenoxy) is 1. The Kier molecular flexibility index (Phi) is 11.9. The molecule has 0 aliphatic carbocycles. The van der Waals surface area contributed by atoms with Gasteiger partial charge in [-0.2, -0.15) is 0 Å². The molecule has 0 heterocycles. The van der Waals surface area contributed by atoms with Crippen LogP contribution < -0.4 is 4.74 Å². The van der Waals surface area contributed by atoms with Crippen molar-refractivity contribution >= 4 is 116 Å². The fourth-order valence-corrected chi connectivity index (χ4v) is 7.85. The van der Waals surface area contributed by atoms with E-state index >= 15 is 0 Å². The first kappa shape index (κ1) is 38.8. The molecule has 53 heavy (non-hydrogen) atoms. The van der Waals surface area contributed by atoms with Crippen molar-refractivity contribution in [3.05, 3.63) is 194 Å². The average molecular weight is 862 g/mol. The van der Waals surface area contributed by atoms with Crippen LogP contribution in [-0.4, -0.2) is 23.1 Å². The number of halogens is 8. The normalized spacial score (nSPS) is 10.9. The molecule has 6 aromatic rings. The van der Waals surface area contributed by atoms with Gasteiger partial charge in [-0.15, -0.1) is 0 Å². The zero-order valence-corrected chi connectivity index (χ0v) is 32.5. The first-order chi connectivity index (χ1) is 25.3. The fraction of sp³-hybridized carbons (Fsp3) is 0. The highest BCUT2D eigenvalue weighted by molar-refractivity contribution is 6.45. The second-order valence-electron chi connectivity index (χ2n) is 11.2. The summed E-state index contributed by atoms with van der Waals surface area (Å²) in [6.07, 6.45) is 0. The van der Waals surface area contributed by atoms with E-state index in [0.29, 0.717) is 0 Å². The van der Waals surface area contributed by atoms with E-state index in [2.05, 4.69) is 0 Å². The minimum absolute atomic E-state index is 0.0140. The standard InChI is InChI=1S/C40H18Cl8O5/c41-21-9-3-10-22(42)33(21)37(49)19-7-1-17-29(31(19)39(51)35-25(45)13-5-14-26(35)46)53-30-18-2-8-20(38(50)34-23(43)11-4-12-24(34)44)32(30)40(52)36-27(47)15-6-16-28(36)48/h1-18H. The van der Waals surface area contributed by atoms with E-state index in [1.165, 1.54) is 84.9 Å². The number of hydrogen-bond acceptors (Lipinski definition) is 5. The second kappa shape index (κ2) is 16.2. The van der Waals surface area contributed by atoms with E-state index in [1.807, 2.05) is 0 Å². The molecule has 0 saturated heterocycles. The summed E-state index contributed by atoms with van der Waals surface area (Å²) in [4.78, 5) is 57.5. The van der Waals surface area contributed by atoms with Crippen LogP contribution in [0.4, 0.5) is 0 Å². The first-order valence-electron chi connectivity index (χ1n) is 15.2. The van der Waals surface area contributed by atoms with Crippen molar-refractivity contribution in [3.8, 4) is 11.5 Å². The smallest absolute Gasteiger partial charge is 0.200 e. The Morgan fingerprint density at radius 2 is 0.528 bits per heavy atom. The molecule has 0 atom stereocenters. The number of hydrogen-bond donors (Lipinski definition) is 0. The average Bonchev–Trinajstić information content (AvgIpc) is 3.11. The van der Waals surface area contributed by atoms with Gasteiger partial charge in [0.05, 0.1) is 73.6 Å². The molecule has 0 bridgehead atoms. The summed E-state index contributed by atoms with van der Waals surface area (Å²) in [6, 6.07) is 26.3. The Labute approximate surface area is 342 Å². The molecule has 6 aromatic carbocycles. The van der Waals surface area contributed by atoms with Crippen LogP contribution in [0.2, 0.25) is 40.2 Å². The highest BCUT2D eigenvalue weighted by Crippen LogP contribution is 2.40. The lowest BCUT2D eigenvalue weighted by molar-refractivity contribution is 0.0998. The molecule has 0 aromatic heterocycles. The van der Waals surface area contributed by atoms with Crippen molar-refractivity contribution in [1.29, 1.82) is 0 Å². The van der Waals surface area contributed by atoms with E-state index in [4.69, 9.17) is 97.5 Å². The minimum Gasteiger partial charge on any atom is -0.456 e. The van der Waals surface area contributed by atoms with E-state index in [9.17, 15) is 19.2 Å². The largest absolute Gasteiger partial charge is 0.456 e. The quantitative estimate of drug-likeness (QED) is 0.128. The molecular weight excluding hydrogens is 844 g/mol. The maximum atomic E-state index is 14.5. The van der Waals surface area contributed by atoms with Gasteiger partial charge in [-0.05, 0) is 60.7 Å². The molecule has 0 aliphatic heterocycles.